The van der Waals surface area contributed by atoms with E-state index < -0.39 is 12.1 Å². The van der Waals surface area contributed by atoms with Gasteiger partial charge in [-0.2, -0.15) is 0 Å². The number of hydrogen-bond acceptors (Lipinski definition) is 3. The molecule has 0 amide bonds. The zero-order valence-electron chi connectivity index (χ0n) is 9.44. The van der Waals surface area contributed by atoms with Gasteiger partial charge in [-0.15, -0.1) is 0 Å². The lowest BCUT2D eigenvalue weighted by molar-refractivity contribution is -0.136. The molecule has 0 radical (unpaired) electrons. The van der Waals surface area contributed by atoms with E-state index in [1.807, 2.05) is 0 Å². The highest BCUT2D eigenvalue weighted by Gasteiger charge is 2.29. The summed E-state index contributed by atoms with van der Waals surface area (Å²) in [7, 11) is 1.31. The van der Waals surface area contributed by atoms with E-state index in [0.717, 1.165) is 0 Å². The van der Waals surface area contributed by atoms with Gasteiger partial charge in [-0.05, 0) is 36.1 Å². The van der Waals surface area contributed by atoms with Crippen LogP contribution in [0.3, 0.4) is 0 Å². The summed E-state index contributed by atoms with van der Waals surface area (Å²) >= 11 is 0. The smallest absolute Gasteiger partial charge is 0.334 e. The third kappa shape index (κ3) is 2.22. The number of methoxy groups -OCH3 is 1. The fourth-order valence-corrected chi connectivity index (χ4v) is 2.09. The molecule has 0 saturated carbocycles. The van der Waals surface area contributed by atoms with E-state index in [4.69, 9.17) is 0 Å². The Morgan fingerprint density at radius 1 is 1.41 bits per heavy atom. The van der Waals surface area contributed by atoms with E-state index in [0.29, 0.717) is 29.6 Å². The van der Waals surface area contributed by atoms with Crippen LogP contribution in [0.15, 0.2) is 29.8 Å². The number of aliphatic hydroxyl groups excluding tert-OH is 1. The molecule has 3 nitrogen and oxygen atoms in total. The monoisotopic (exact) mass is 236 g/mol. The molecule has 0 fully saturated rings. The van der Waals surface area contributed by atoms with Crippen LogP contribution in [0.5, 0.6) is 0 Å². The molecule has 2 rings (SSSR count). The SMILES string of the molecule is COC(=O)C1=C(c2ccc(F)cc2)C(O)CC1. The van der Waals surface area contributed by atoms with Crippen LogP contribution in [-0.4, -0.2) is 24.3 Å². The van der Waals surface area contributed by atoms with Crippen molar-refractivity contribution >= 4 is 11.5 Å². The van der Waals surface area contributed by atoms with Gasteiger partial charge in [0.05, 0.1) is 13.2 Å². The number of carbonyl (C=O) groups is 1. The normalized spacial score (nSPS) is 19.6. The van der Waals surface area contributed by atoms with E-state index in [1.54, 1.807) is 12.1 Å². The molecule has 0 heterocycles. The number of aliphatic hydroxyl groups is 1. The number of ether oxygens (including phenoxy) is 1. The molecular formula is C13H13FO3. The van der Waals surface area contributed by atoms with Gasteiger partial charge in [-0.25, -0.2) is 9.18 Å². The fraction of sp³-hybridized carbons (Fsp3) is 0.308. The first-order valence-corrected chi connectivity index (χ1v) is 5.39. The molecule has 0 spiro atoms. The first kappa shape index (κ1) is 11.8. The first-order valence-electron chi connectivity index (χ1n) is 5.39. The summed E-state index contributed by atoms with van der Waals surface area (Å²) in [6, 6.07) is 5.73. The molecule has 1 unspecified atom stereocenters. The second-order valence-corrected chi connectivity index (χ2v) is 3.95. The Morgan fingerprint density at radius 2 is 2.06 bits per heavy atom. The highest BCUT2D eigenvalue weighted by Crippen LogP contribution is 2.34. The summed E-state index contributed by atoms with van der Waals surface area (Å²) in [5, 5.41) is 9.87. The van der Waals surface area contributed by atoms with Crippen molar-refractivity contribution < 1.29 is 19.0 Å². The summed E-state index contributed by atoms with van der Waals surface area (Å²) in [5.41, 5.74) is 1.69. The maximum atomic E-state index is 12.8. The van der Waals surface area contributed by atoms with E-state index in [1.165, 1.54) is 19.2 Å². The molecule has 17 heavy (non-hydrogen) atoms. The number of halogens is 1. The Hall–Kier alpha value is -1.68. The van der Waals surface area contributed by atoms with Gasteiger partial charge >= 0.3 is 5.97 Å². The van der Waals surface area contributed by atoms with Crippen molar-refractivity contribution in [3.8, 4) is 0 Å². The quantitative estimate of drug-likeness (QED) is 0.798. The fourth-order valence-electron chi connectivity index (χ4n) is 2.09. The van der Waals surface area contributed by atoms with Crippen molar-refractivity contribution in [3.63, 3.8) is 0 Å². The molecule has 0 aliphatic heterocycles. The van der Waals surface area contributed by atoms with Crippen molar-refractivity contribution in [1.29, 1.82) is 0 Å². The molecule has 1 atom stereocenters. The topological polar surface area (TPSA) is 46.5 Å². The van der Waals surface area contributed by atoms with Gasteiger partial charge in [0.25, 0.3) is 0 Å². The Bertz CT molecular complexity index is 462. The maximum Gasteiger partial charge on any atom is 0.334 e. The van der Waals surface area contributed by atoms with Crippen LogP contribution in [0.2, 0.25) is 0 Å². The van der Waals surface area contributed by atoms with E-state index in [2.05, 4.69) is 4.74 Å². The Balaban J connectivity index is 2.45. The first-order chi connectivity index (χ1) is 8.13. The second kappa shape index (κ2) is 4.67. The van der Waals surface area contributed by atoms with Crippen molar-refractivity contribution in [2.45, 2.75) is 18.9 Å². The zero-order valence-corrected chi connectivity index (χ0v) is 9.44. The van der Waals surface area contributed by atoms with E-state index >= 15 is 0 Å². The van der Waals surface area contributed by atoms with Crippen molar-refractivity contribution in [1.82, 2.24) is 0 Å². The van der Waals surface area contributed by atoms with E-state index in [-0.39, 0.29) is 5.82 Å². The van der Waals surface area contributed by atoms with Gasteiger partial charge < -0.3 is 9.84 Å². The van der Waals surface area contributed by atoms with Gasteiger partial charge in [0.2, 0.25) is 0 Å². The number of hydrogen-bond donors (Lipinski definition) is 1. The summed E-state index contributed by atoms with van der Waals surface area (Å²) in [4.78, 5) is 11.5. The largest absolute Gasteiger partial charge is 0.466 e. The molecule has 0 saturated heterocycles. The predicted molar refractivity (Wildman–Crippen MR) is 60.6 cm³/mol. The minimum absolute atomic E-state index is 0.346. The molecular weight excluding hydrogens is 223 g/mol. The third-order valence-corrected chi connectivity index (χ3v) is 2.91. The van der Waals surface area contributed by atoms with Crippen LogP contribution < -0.4 is 0 Å². The van der Waals surface area contributed by atoms with Crippen molar-refractivity contribution in [2.75, 3.05) is 7.11 Å². The second-order valence-electron chi connectivity index (χ2n) is 3.95. The number of benzene rings is 1. The molecule has 1 aliphatic carbocycles. The number of rotatable bonds is 2. The lowest BCUT2D eigenvalue weighted by Gasteiger charge is -2.10. The molecule has 0 aromatic heterocycles. The van der Waals surface area contributed by atoms with Gasteiger partial charge in [0, 0.05) is 5.57 Å². The average Bonchev–Trinajstić information content (AvgIpc) is 2.71. The number of carbonyl (C=O) groups excluding carboxylic acids is 1. The number of esters is 1. The standard InChI is InChI=1S/C13H13FO3/c1-17-13(16)10-6-7-11(15)12(10)8-2-4-9(14)5-3-8/h2-5,11,15H,6-7H2,1H3. The lowest BCUT2D eigenvalue weighted by Crippen LogP contribution is -2.08. The molecule has 1 aromatic carbocycles. The Kier molecular flexibility index (Phi) is 3.24. The van der Waals surface area contributed by atoms with Crippen LogP contribution in [-0.2, 0) is 9.53 Å². The summed E-state index contributed by atoms with van der Waals surface area (Å²) in [6.07, 6.45) is 0.298. The maximum absolute atomic E-state index is 12.8. The van der Waals surface area contributed by atoms with Crippen LogP contribution in [0, 0.1) is 5.82 Å². The van der Waals surface area contributed by atoms with E-state index in [9.17, 15) is 14.3 Å². The Morgan fingerprint density at radius 3 is 2.65 bits per heavy atom. The molecule has 90 valence electrons. The lowest BCUT2D eigenvalue weighted by atomic mass is 10.0. The highest BCUT2D eigenvalue weighted by molar-refractivity contribution is 5.99. The minimum Gasteiger partial charge on any atom is -0.466 e. The van der Waals surface area contributed by atoms with Crippen LogP contribution in [0.25, 0.3) is 5.57 Å². The molecule has 1 aromatic rings. The van der Waals surface area contributed by atoms with Crippen molar-refractivity contribution in [3.05, 3.63) is 41.2 Å². The van der Waals surface area contributed by atoms with Crippen molar-refractivity contribution in [2.24, 2.45) is 0 Å². The average molecular weight is 236 g/mol. The van der Waals surface area contributed by atoms with Gasteiger partial charge in [-0.3, -0.25) is 0 Å². The Labute approximate surface area is 98.5 Å². The predicted octanol–water partition coefficient (Wildman–Crippen LogP) is 1.91. The van der Waals surface area contributed by atoms with Crippen LogP contribution >= 0.6 is 0 Å². The van der Waals surface area contributed by atoms with Crippen LogP contribution in [0.4, 0.5) is 4.39 Å². The summed E-state index contributed by atoms with van der Waals surface area (Å²) < 4.78 is 17.5. The molecule has 0 bridgehead atoms. The highest BCUT2D eigenvalue weighted by atomic mass is 19.1. The molecule has 1 N–H and O–H groups in total. The molecule has 1 aliphatic rings. The van der Waals surface area contributed by atoms with Gasteiger partial charge in [0.1, 0.15) is 5.82 Å². The summed E-state index contributed by atoms with van der Waals surface area (Å²) in [5.74, 6) is -0.776. The van der Waals surface area contributed by atoms with Gasteiger partial charge in [-0.1, -0.05) is 12.1 Å². The minimum atomic E-state index is -0.686. The van der Waals surface area contributed by atoms with Crippen LogP contribution in [0.1, 0.15) is 18.4 Å². The van der Waals surface area contributed by atoms with Gasteiger partial charge in [0.15, 0.2) is 0 Å². The summed E-state index contributed by atoms with van der Waals surface area (Å²) in [6.45, 7) is 0. The molecule has 4 heteroatoms. The third-order valence-electron chi connectivity index (χ3n) is 2.91. The zero-order chi connectivity index (χ0) is 12.4.